The van der Waals surface area contributed by atoms with E-state index in [1.165, 1.54) is 15.3 Å². The number of nitrogens with one attached hydrogen (secondary N) is 1. The molecule has 21 heavy (non-hydrogen) atoms. The predicted octanol–water partition coefficient (Wildman–Crippen LogP) is 5.10. The summed E-state index contributed by atoms with van der Waals surface area (Å²) >= 11 is 7.80. The van der Waals surface area contributed by atoms with Gasteiger partial charge in [-0.1, -0.05) is 25.4 Å². The van der Waals surface area contributed by atoms with Gasteiger partial charge in [0, 0.05) is 32.9 Å². The SMILES string of the molecule is Cc1cc(Cl)ccc1OCc1cc(CNC(C)C)sc1C. The Morgan fingerprint density at radius 1 is 1.24 bits per heavy atom. The van der Waals surface area contributed by atoms with Gasteiger partial charge in [-0.15, -0.1) is 11.3 Å². The maximum Gasteiger partial charge on any atom is 0.122 e. The van der Waals surface area contributed by atoms with E-state index in [0.717, 1.165) is 22.9 Å². The average Bonchev–Trinajstić information content (AvgIpc) is 2.76. The molecule has 1 aromatic carbocycles. The van der Waals surface area contributed by atoms with E-state index in [0.29, 0.717) is 12.6 Å². The Hall–Kier alpha value is -1.03. The molecule has 0 spiro atoms. The van der Waals surface area contributed by atoms with Crippen LogP contribution >= 0.6 is 22.9 Å². The van der Waals surface area contributed by atoms with Crippen molar-refractivity contribution in [1.29, 1.82) is 0 Å². The minimum absolute atomic E-state index is 0.504. The third-order valence-electron chi connectivity index (χ3n) is 3.28. The zero-order valence-electron chi connectivity index (χ0n) is 13.0. The van der Waals surface area contributed by atoms with E-state index in [1.807, 2.05) is 36.5 Å². The average molecular weight is 324 g/mol. The summed E-state index contributed by atoms with van der Waals surface area (Å²) in [4.78, 5) is 2.68. The van der Waals surface area contributed by atoms with Crippen molar-refractivity contribution < 1.29 is 4.74 Å². The standard InChI is InChI=1S/C17H22ClNOS/c1-11(2)19-9-16-8-14(13(4)21-16)10-20-17-6-5-15(18)7-12(17)3/h5-8,11,19H,9-10H2,1-4H3. The number of ether oxygens (including phenoxy) is 1. The highest BCUT2D eigenvalue weighted by molar-refractivity contribution is 7.12. The Kier molecular flexibility index (Phi) is 5.68. The summed E-state index contributed by atoms with van der Waals surface area (Å²) in [5, 5.41) is 4.19. The quantitative estimate of drug-likeness (QED) is 0.799. The number of halogens is 1. The minimum atomic E-state index is 0.504. The van der Waals surface area contributed by atoms with Crippen LogP contribution < -0.4 is 10.1 Å². The van der Waals surface area contributed by atoms with Crippen molar-refractivity contribution in [3.8, 4) is 5.75 Å². The fourth-order valence-corrected chi connectivity index (χ4v) is 3.28. The third-order valence-corrected chi connectivity index (χ3v) is 4.60. The first-order valence-electron chi connectivity index (χ1n) is 7.16. The van der Waals surface area contributed by atoms with Crippen LogP contribution in [-0.2, 0) is 13.2 Å². The van der Waals surface area contributed by atoms with Crippen LogP contribution in [-0.4, -0.2) is 6.04 Å². The van der Waals surface area contributed by atoms with Crippen molar-refractivity contribution in [2.45, 2.75) is 46.9 Å². The lowest BCUT2D eigenvalue weighted by Crippen LogP contribution is -2.21. The second-order valence-electron chi connectivity index (χ2n) is 5.53. The van der Waals surface area contributed by atoms with Crippen LogP contribution in [0.25, 0.3) is 0 Å². The maximum atomic E-state index is 5.96. The number of benzene rings is 1. The lowest BCUT2D eigenvalue weighted by molar-refractivity contribution is 0.304. The molecular weight excluding hydrogens is 302 g/mol. The van der Waals surface area contributed by atoms with Gasteiger partial charge in [0.25, 0.3) is 0 Å². The van der Waals surface area contributed by atoms with Crippen molar-refractivity contribution in [2.24, 2.45) is 0 Å². The summed E-state index contributed by atoms with van der Waals surface area (Å²) in [6, 6.07) is 8.46. The van der Waals surface area contributed by atoms with Crippen LogP contribution in [0.15, 0.2) is 24.3 Å². The second-order valence-corrected chi connectivity index (χ2v) is 7.31. The molecule has 1 heterocycles. The number of hydrogen-bond donors (Lipinski definition) is 1. The molecule has 0 amide bonds. The highest BCUT2D eigenvalue weighted by atomic mass is 35.5. The molecule has 0 aliphatic heterocycles. The first-order valence-corrected chi connectivity index (χ1v) is 8.35. The van der Waals surface area contributed by atoms with Gasteiger partial charge in [-0.05, 0) is 43.7 Å². The maximum absolute atomic E-state index is 5.96. The van der Waals surface area contributed by atoms with Gasteiger partial charge in [0.15, 0.2) is 0 Å². The van der Waals surface area contributed by atoms with Gasteiger partial charge in [-0.2, -0.15) is 0 Å². The van der Waals surface area contributed by atoms with Gasteiger partial charge in [-0.25, -0.2) is 0 Å². The number of rotatable bonds is 6. The van der Waals surface area contributed by atoms with Gasteiger partial charge in [0.05, 0.1) is 0 Å². The largest absolute Gasteiger partial charge is 0.489 e. The van der Waals surface area contributed by atoms with Crippen molar-refractivity contribution in [3.63, 3.8) is 0 Å². The second kappa shape index (κ2) is 7.30. The molecule has 2 nitrogen and oxygen atoms in total. The fourth-order valence-electron chi connectivity index (χ4n) is 2.05. The van der Waals surface area contributed by atoms with Crippen LogP contribution in [0.5, 0.6) is 5.75 Å². The van der Waals surface area contributed by atoms with Gasteiger partial charge < -0.3 is 10.1 Å². The summed E-state index contributed by atoms with van der Waals surface area (Å²) in [6.45, 7) is 10.0. The Balaban J connectivity index is 1.99. The molecule has 0 unspecified atom stereocenters. The molecule has 0 saturated heterocycles. The molecule has 0 aliphatic carbocycles. The van der Waals surface area contributed by atoms with Gasteiger partial charge in [-0.3, -0.25) is 0 Å². The molecule has 0 atom stereocenters. The van der Waals surface area contributed by atoms with Crippen LogP contribution in [0.2, 0.25) is 5.02 Å². The third kappa shape index (κ3) is 4.73. The fraction of sp³-hybridized carbons (Fsp3) is 0.412. The Morgan fingerprint density at radius 2 is 2.00 bits per heavy atom. The minimum Gasteiger partial charge on any atom is -0.489 e. The molecule has 1 aromatic heterocycles. The Labute approximate surface area is 136 Å². The van der Waals surface area contributed by atoms with Crippen LogP contribution in [0.3, 0.4) is 0 Å². The van der Waals surface area contributed by atoms with Crippen molar-refractivity contribution in [3.05, 3.63) is 50.2 Å². The molecule has 1 N–H and O–H groups in total. The summed E-state index contributed by atoms with van der Waals surface area (Å²) < 4.78 is 5.93. The zero-order chi connectivity index (χ0) is 15.4. The molecule has 2 rings (SSSR count). The van der Waals surface area contributed by atoms with Crippen molar-refractivity contribution in [1.82, 2.24) is 5.32 Å². The van der Waals surface area contributed by atoms with Crippen molar-refractivity contribution >= 4 is 22.9 Å². The van der Waals surface area contributed by atoms with Crippen LogP contribution in [0.1, 0.15) is 34.7 Å². The molecular formula is C17H22ClNOS. The summed E-state index contributed by atoms with van der Waals surface area (Å²) in [5.41, 5.74) is 2.33. The van der Waals surface area contributed by atoms with Crippen molar-refractivity contribution in [2.75, 3.05) is 0 Å². The zero-order valence-corrected chi connectivity index (χ0v) is 14.6. The van der Waals surface area contributed by atoms with E-state index in [2.05, 4.69) is 32.2 Å². The normalized spacial score (nSPS) is 11.1. The molecule has 2 aromatic rings. The lowest BCUT2D eigenvalue weighted by atomic mass is 10.2. The van der Waals surface area contributed by atoms with E-state index in [1.54, 1.807) is 0 Å². The predicted molar refractivity (Wildman–Crippen MR) is 91.6 cm³/mol. The Morgan fingerprint density at radius 3 is 2.67 bits per heavy atom. The molecule has 0 fully saturated rings. The lowest BCUT2D eigenvalue weighted by Gasteiger charge is -2.09. The molecule has 0 bridgehead atoms. The topological polar surface area (TPSA) is 21.3 Å². The van der Waals surface area contributed by atoms with Gasteiger partial charge in [0.2, 0.25) is 0 Å². The molecule has 114 valence electrons. The van der Waals surface area contributed by atoms with Gasteiger partial charge in [0.1, 0.15) is 12.4 Å². The molecule has 0 saturated carbocycles. The first kappa shape index (κ1) is 16.3. The summed E-state index contributed by atoms with van der Waals surface area (Å²) in [7, 11) is 0. The first-order chi connectivity index (χ1) is 9.95. The summed E-state index contributed by atoms with van der Waals surface area (Å²) in [6.07, 6.45) is 0. The monoisotopic (exact) mass is 323 g/mol. The van der Waals surface area contributed by atoms with E-state index in [4.69, 9.17) is 16.3 Å². The summed E-state index contributed by atoms with van der Waals surface area (Å²) in [5.74, 6) is 0.895. The van der Waals surface area contributed by atoms with E-state index in [-0.39, 0.29) is 0 Å². The Bertz CT molecular complexity index is 607. The molecule has 4 heteroatoms. The van der Waals surface area contributed by atoms with Crippen LogP contribution in [0, 0.1) is 13.8 Å². The smallest absolute Gasteiger partial charge is 0.122 e. The number of hydrogen-bond acceptors (Lipinski definition) is 3. The molecule has 0 aliphatic rings. The number of aryl methyl sites for hydroxylation is 2. The van der Waals surface area contributed by atoms with E-state index >= 15 is 0 Å². The van der Waals surface area contributed by atoms with Gasteiger partial charge >= 0.3 is 0 Å². The van der Waals surface area contributed by atoms with Crippen LogP contribution in [0.4, 0.5) is 0 Å². The highest BCUT2D eigenvalue weighted by Gasteiger charge is 2.08. The van der Waals surface area contributed by atoms with E-state index in [9.17, 15) is 0 Å². The highest BCUT2D eigenvalue weighted by Crippen LogP contribution is 2.26. The number of thiophene rings is 1. The van der Waals surface area contributed by atoms with E-state index < -0.39 is 0 Å². The molecule has 0 radical (unpaired) electrons.